The quantitative estimate of drug-likeness (QED) is 0.344. The van der Waals surface area contributed by atoms with Gasteiger partial charge in [-0.2, -0.15) is 12.7 Å². The topological polar surface area (TPSA) is 124 Å². The minimum atomic E-state index is -3.74. The third-order valence-electron chi connectivity index (χ3n) is 7.65. The van der Waals surface area contributed by atoms with Crippen molar-refractivity contribution in [1.82, 2.24) is 25.2 Å². The van der Waals surface area contributed by atoms with Crippen LogP contribution < -0.4 is 20.3 Å². The molecule has 2 amide bonds. The molecule has 2 aromatic carbocycles. The van der Waals surface area contributed by atoms with Crippen molar-refractivity contribution in [2.75, 3.05) is 32.0 Å². The molecule has 0 aliphatic carbocycles. The molecule has 4 bridgehead atoms. The number of carbonyl (C=O) groups excluding carboxylic acids is 2. The van der Waals surface area contributed by atoms with E-state index in [0.29, 0.717) is 30.8 Å². The standard InChI is InChI=1S/C32H42N6O4S/c1-23(31(39)35-21-27-13-8-14-33-20-27)34-22-29-17-25-12-7-11-24(15-25)9-5-6-10-26-16-28(32(40)36-29)19-30(18-26)38(4)43(41,42)37(2)3/h7-8,11-16,18-20,23,29,34H,5-6,9-10,17,21-22H2,1-4H3,(H,35,39)(H,36,40)/t23-,29?/m0/s1. The number of carbonyl (C=O) groups is 2. The van der Waals surface area contributed by atoms with Crippen LogP contribution in [-0.2, 0) is 40.8 Å². The Bertz CT molecular complexity index is 1510. The van der Waals surface area contributed by atoms with Gasteiger partial charge in [0.05, 0.1) is 11.7 Å². The molecule has 43 heavy (non-hydrogen) atoms. The van der Waals surface area contributed by atoms with Crippen LogP contribution in [0.25, 0.3) is 0 Å². The lowest BCUT2D eigenvalue weighted by Crippen LogP contribution is -2.49. The summed E-state index contributed by atoms with van der Waals surface area (Å²) in [6.07, 6.45) is 7.50. The van der Waals surface area contributed by atoms with E-state index in [1.807, 2.05) is 30.3 Å². The van der Waals surface area contributed by atoms with Crippen molar-refractivity contribution in [2.45, 2.75) is 57.7 Å². The first kappa shape index (κ1) is 32.1. The minimum absolute atomic E-state index is 0.152. The molecule has 1 aromatic heterocycles. The van der Waals surface area contributed by atoms with Crippen molar-refractivity contribution in [2.24, 2.45) is 0 Å². The summed E-state index contributed by atoms with van der Waals surface area (Å²) in [4.78, 5) is 30.5. The Labute approximate surface area is 255 Å². The van der Waals surface area contributed by atoms with Crippen LogP contribution >= 0.6 is 0 Å². The van der Waals surface area contributed by atoms with Gasteiger partial charge < -0.3 is 16.0 Å². The number of fused-ring (bicyclic) bond motifs is 4. The second-order valence-electron chi connectivity index (χ2n) is 11.3. The summed E-state index contributed by atoms with van der Waals surface area (Å²) in [6, 6.07) is 16.6. The van der Waals surface area contributed by atoms with Gasteiger partial charge in [0, 0.05) is 58.2 Å². The zero-order chi connectivity index (χ0) is 31.0. The number of benzene rings is 2. The van der Waals surface area contributed by atoms with Gasteiger partial charge in [0.1, 0.15) is 0 Å². The van der Waals surface area contributed by atoms with E-state index in [2.05, 4.69) is 39.1 Å². The van der Waals surface area contributed by atoms with Gasteiger partial charge in [0.15, 0.2) is 0 Å². The summed E-state index contributed by atoms with van der Waals surface area (Å²) in [5.41, 5.74) is 4.98. The first-order valence-corrected chi connectivity index (χ1v) is 16.0. The zero-order valence-electron chi connectivity index (χ0n) is 25.3. The Kier molecular flexibility index (Phi) is 10.9. The second-order valence-corrected chi connectivity index (χ2v) is 13.4. The number of nitrogens with one attached hydrogen (secondary N) is 3. The van der Waals surface area contributed by atoms with Crippen LogP contribution in [0.15, 0.2) is 67.0 Å². The number of aryl methyl sites for hydroxylation is 2. The number of aromatic nitrogens is 1. The van der Waals surface area contributed by atoms with Crippen LogP contribution in [0.1, 0.15) is 52.4 Å². The summed E-state index contributed by atoms with van der Waals surface area (Å²) >= 11 is 0. The van der Waals surface area contributed by atoms with Crippen molar-refractivity contribution in [3.8, 4) is 0 Å². The average Bonchev–Trinajstić information content (AvgIpc) is 3.00. The largest absolute Gasteiger partial charge is 0.351 e. The Hall–Kier alpha value is -3.80. The van der Waals surface area contributed by atoms with E-state index in [-0.39, 0.29) is 17.9 Å². The van der Waals surface area contributed by atoms with E-state index in [4.69, 9.17) is 0 Å². The van der Waals surface area contributed by atoms with E-state index < -0.39 is 16.3 Å². The van der Waals surface area contributed by atoms with Gasteiger partial charge in [0.2, 0.25) is 5.91 Å². The highest BCUT2D eigenvalue weighted by Gasteiger charge is 2.24. The van der Waals surface area contributed by atoms with Crippen LogP contribution in [0.3, 0.4) is 0 Å². The SMILES string of the molecule is C[C@H](NCC1Cc2cccc(c2)CCCCc2cc(cc(N(C)S(=O)(=O)N(C)C)c2)C(=O)N1)C(=O)NCc1cccnc1. The maximum Gasteiger partial charge on any atom is 0.303 e. The van der Waals surface area contributed by atoms with Gasteiger partial charge in [-0.05, 0) is 85.5 Å². The van der Waals surface area contributed by atoms with Crippen molar-refractivity contribution < 1.29 is 18.0 Å². The lowest BCUT2D eigenvalue weighted by molar-refractivity contribution is -0.122. The molecule has 2 heterocycles. The Morgan fingerprint density at radius 3 is 2.49 bits per heavy atom. The van der Waals surface area contributed by atoms with E-state index in [1.54, 1.807) is 25.4 Å². The normalized spacial score (nSPS) is 16.6. The molecule has 0 saturated carbocycles. The number of hydrogen-bond acceptors (Lipinski definition) is 6. The highest BCUT2D eigenvalue weighted by molar-refractivity contribution is 7.90. The van der Waals surface area contributed by atoms with Crippen molar-refractivity contribution >= 4 is 27.7 Å². The summed E-state index contributed by atoms with van der Waals surface area (Å²) in [7, 11) is 0.720. The third kappa shape index (κ3) is 8.85. The molecule has 0 saturated heterocycles. The number of pyridine rings is 1. The van der Waals surface area contributed by atoms with Crippen LogP contribution in [-0.4, -0.2) is 69.3 Å². The lowest BCUT2D eigenvalue weighted by atomic mass is 9.97. The minimum Gasteiger partial charge on any atom is -0.351 e. The molecule has 0 spiro atoms. The molecule has 1 aliphatic rings. The Balaban J connectivity index is 1.55. The highest BCUT2D eigenvalue weighted by atomic mass is 32.2. The fourth-order valence-electron chi connectivity index (χ4n) is 5.06. The van der Waals surface area contributed by atoms with Crippen molar-refractivity contribution in [1.29, 1.82) is 0 Å². The molecule has 2 atom stereocenters. The molecular formula is C32H42N6O4S. The van der Waals surface area contributed by atoms with E-state index >= 15 is 0 Å². The lowest BCUT2D eigenvalue weighted by Gasteiger charge is -2.25. The number of nitrogens with zero attached hydrogens (tertiary/aromatic N) is 3. The van der Waals surface area contributed by atoms with Gasteiger partial charge in [0.25, 0.3) is 5.91 Å². The molecule has 0 fully saturated rings. The average molecular weight is 607 g/mol. The van der Waals surface area contributed by atoms with E-state index in [1.165, 1.54) is 31.0 Å². The van der Waals surface area contributed by atoms with Gasteiger partial charge in [-0.15, -0.1) is 0 Å². The molecule has 0 radical (unpaired) electrons. The molecule has 10 nitrogen and oxygen atoms in total. The van der Waals surface area contributed by atoms with Crippen molar-refractivity contribution in [3.05, 3.63) is 94.8 Å². The fraction of sp³-hybridized carbons (Fsp3) is 0.406. The number of amides is 2. The van der Waals surface area contributed by atoms with Gasteiger partial charge in [-0.1, -0.05) is 30.3 Å². The molecule has 4 rings (SSSR count). The Morgan fingerprint density at radius 1 is 1.02 bits per heavy atom. The van der Waals surface area contributed by atoms with Gasteiger partial charge >= 0.3 is 10.2 Å². The summed E-state index contributed by atoms with van der Waals surface area (Å²) < 4.78 is 28.1. The number of anilines is 1. The molecule has 1 unspecified atom stereocenters. The summed E-state index contributed by atoms with van der Waals surface area (Å²) in [5, 5.41) is 9.36. The molecule has 3 N–H and O–H groups in total. The predicted molar refractivity (Wildman–Crippen MR) is 169 cm³/mol. The molecular weight excluding hydrogens is 564 g/mol. The zero-order valence-corrected chi connectivity index (χ0v) is 26.2. The smallest absolute Gasteiger partial charge is 0.303 e. The second kappa shape index (κ2) is 14.6. The number of hydrogen-bond donors (Lipinski definition) is 3. The first-order chi connectivity index (χ1) is 20.5. The monoisotopic (exact) mass is 606 g/mol. The van der Waals surface area contributed by atoms with Gasteiger partial charge in [-0.3, -0.25) is 18.9 Å². The fourth-order valence-corrected chi connectivity index (χ4v) is 5.93. The predicted octanol–water partition coefficient (Wildman–Crippen LogP) is 2.84. The van der Waals surface area contributed by atoms with Crippen LogP contribution in [0, 0.1) is 0 Å². The maximum absolute atomic E-state index is 13.7. The molecule has 1 aliphatic heterocycles. The van der Waals surface area contributed by atoms with Crippen LogP contribution in [0.5, 0.6) is 0 Å². The number of rotatable bonds is 9. The van der Waals surface area contributed by atoms with Crippen molar-refractivity contribution in [3.63, 3.8) is 0 Å². The molecule has 11 heteroatoms. The van der Waals surface area contributed by atoms with Gasteiger partial charge in [-0.25, -0.2) is 0 Å². The van der Waals surface area contributed by atoms with Crippen LogP contribution in [0.4, 0.5) is 5.69 Å². The van der Waals surface area contributed by atoms with E-state index in [9.17, 15) is 18.0 Å². The summed E-state index contributed by atoms with van der Waals surface area (Å²) in [6.45, 7) is 2.53. The highest BCUT2D eigenvalue weighted by Crippen LogP contribution is 2.24. The van der Waals surface area contributed by atoms with Crippen LogP contribution in [0.2, 0.25) is 0 Å². The van der Waals surface area contributed by atoms with E-state index in [0.717, 1.165) is 46.7 Å². The summed E-state index contributed by atoms with van der Waals surface area (Å²) in [5.74, 6) is -0.451. The molecule has 3 aromatic rings. The Morgan fingerprint density at radius 2 is 1.77 bits per heavy atom. The third-order valence-corrected chi connectivity index (χ3v) is 9.48. The maximum atomic E-state index is 13.7. The first-order valence-electron chi connectivity index (χ1n) is 14.6. The molecule has 230 valence electrons.